The molecule has 1 rings (SSSR count). The van der Waals surface area contributed by atoms with E-state index in [9.17, 15) is 5.11 Å². The SMILES string of the molecule is COCCC(C)(O)CNCC1(C)COC1. The van der Waals surface area contributed by atoms with E-state index < -0.39 is 5.60 Å². The Kier molecular flexibility index (Phi) is 4.52. The highest BCUT2D eigenvalue weighted by Gasteiger charge is 2.33. The minimum atomic E-state index is -0.684. The monoisotopic (exact) mass is 217 g/mol. The highest BCUT2D eigenvalue weighted by molar-refractivity contribution is 4.85. The topological polar surface area (TPSA) is 50.7 Å². The predicted octanol–water partition coefficient (Wildman–Crippen LogP) is 0.400. The third kappa shape index (κ3) is 4.47. The van der Waals surface area contributed by atoms with Gasteiger partial charge in [0.1, 0.15) is 0 Å². The van der Waals surface area contributed by atoms with Gasteiger partial charge in [0.05, 0.1) is 18.8 Å². The van der Waals surface area contributed by atoms with Crippen molar-refractivity contribution in [1.29, 1.82) is 0 Å². The lowest BCUT2D eigenvalue weighted by molar-refractivity contribution is -0.101. The molecule has 2 N–H and O–H groups in total. The first-order chi connectivity index (χ1) is 6.97. The Morgan fingerprint density at radius 1 is 1.53 bits per heavy atom. The molecule has 1 atom stereocenters. The van der Waals surface area contributed by atoms with Gasteiger partial charge in [0.25, 0.3) is 0 Å². The molecule has 0 aromatic heterocycles. The summed E-state index contributed by atoms with van der Waals surface area (Å²) in [6.45, 7) is 7.75. The highest BCUT2D eigenvalue weighted by atomic mass is 16.5. The Balaban J connectivity index is 2.12. The number of methoxy groups -OCH3 is 1. The van der Waals surface area contributed by atoms with Crippen LogP contribution in [0.4, 0.5) is 0 Å². The molecule has 0 amide bonds. The molecule has 1 fully saturated rings. The Bertz CT molecular complexity index is 190. The second-order valence-electron chi connectivity index (χ2n) is 5.15. The molecular formula is C11H23NO3. The number of nitrogens with one attached hydrogen (secondary N) is 1. The van der Waals surface area contributed by atoms with E-state index in [1.54, 1.807) is 7.11 Å². The summed E-state index contributed by atoms with van der Waals surface area (Å²) in [5.74, 6) is 0. The van der Waals surface area contributed by atoms with Crippen LogP contribution in [0.3, 0.4) is 0 Å². The van der Waals surface area contributed by atoms with Crippen LogP contribution in [0.2, 0.25) is 0 Å². The Morgan fingerprint density at radius 2 is 2.20 bits per heavy atom. The number of ether oxygens (including phenoxy) is 2. The third-order valence-corrected chi connectivity index (χ3v) is 2.80. The van der Waals surface area contributed by atoms with Gasteiger partial charge in [0, 0.05) is 38.6 Å². The molecule has 1 aliphatic rings. The van der Waals surface area contributed by atoms with E-state index in [2.05, 4.69) is 12.2 Å². The smallest absolute Gasteiger partial charge is 0.0765 e. The molecule has 4 heteroatoms. The molecule has 0 saturated carbocycles. The molecule has 0 aromatic rings. The molecular weight excluding hydrogens is 194 g/mol. The van der Waals surface area contributed by atoms with Gasteiger partial charge < -0.3 is 19.9 Å². The zero-order valence-corrected chi connectivity index (χ0v) is 10.0. The summed E-state index contributed by atoms with van der Waals surface area (Å²) < 4.78 is 10.1. The minimum Gasteiger partial charge on any atom is -0.389 e. The lowest BCUT2D eigenvalue weighted by atomic mass is 9.88. The molecule has 0 radical (unpaired) electrons. The maximum absolute atomic E-state index is 9.96. The molecule has 1 aliphatic heterocycles. The van der Waals surface area contributed by atoms with Crippen molar-refractivity contribution in [3.05, 3.63) is 0 Å². The quantitative estimate of drug-likeness (QED) is 0.648. The second-order valence-corrected chi connectivity index (χ2v) is 5.15. The van der Waals surface area contributed by atoms with Crippen LogP contribution in [0.15, 0.2) is 0 Å². The predicted molar refractivity (Wildman–Crippen MR) is 58.9 cm³/mol. The average Bonchev–Trinajstić information content (AvgIpc) is 2.12. The van der Waals surface area contributed by atoms with Gasteiger partial charge >= 0.3 is 0 Å². The summed E-state index contributed by atoms with van der Waals surface area (Å²) in [5, 5.41) is 13.3. The molecule has 90 valence electrons. The number of hydrogen-bond donors (Lipinski definition) is 2. The van der Waals surface area contributed by atoms with Crippen molar-refractivity contribution in [1.82, 2.24) is 5.32 Å². The summed E-state index contributed by atoms with van der Waals surface area (Å²) in [6, 6.07) is 0. The highest BCUT2D eigenvalue weighted by Crippen LogP contribution is 2.25. The average molecular weight is 217 g/mol. The minimum absolute atomic E-state index is 0.261. The second kappa shape index (κ2) is 5.25. The Hall–Kier alpha value is -0.160. The van der Waals surface area contributed by atoms with Crippen LogP contribution >= 0.6 is 0 Å². The van der Waals surface area contributed by atoms with Gasteiger partial charge in [-0.15, -0.1) is 0 Å². The first-order valence-electron chi connectivity index (χ1n) is 5.47. The van der Waals surface area contributed by atoms with E-state index in [0.717, 1.165) is 19.8 Å². The maximum Gasteiger partial charge on any atom is 0.0765 e. The van der Waals surface area contributed by atoms with E-state index in [-0.39, 0.29) is 5.41 Å². The molecule has 0 bridgehead atoms. The number of aliphatic hydroxyl groups is 1. The summed E-state index contributed by atoms with van der Waals surface area (Å²) in [5.41, 5.74) is -0.422. The summed E-state index contributed by atoms with van der Waals surface area (Å²) in [6.07, 6.45) is 0.656. The first-order valence-corrected chi connectivity index (χ1v) is 5.47. The summed E-state index contributed by atoms with van der Waals surface area (Å²) in [7, 11) is 1.65. The van der Waals surface area contributed by atoms with Gasteiger partial charge in [-0.2, -0.15) is 0 Å². The van der Waals surface area contributed by atoms with Crippen LogP contribution in [-0.2, 0) is 9.47 Å². The Morgan fingerprint density at radius 3 is 2.67 bits per heavy atom. The van der Waals surface area contributed by atoms with Gasteiger partial charge in [0.2, 0.25) is 0 Å². The normalized spacial score (nSPS) is 23.2. The van der Waals surface area contributed by atoms with Crippen molar-refractivity contribution in [3.8, 4) is 0 Å². The van der Waals surface area contributed by atoms with Crippen LogP contribution in [0, 0.1) is 5.41 Å². The molecule has 4 nitrogen and oxygen atoms in total. The van der Waals surface area contributed by atoms with Crippen LogP contribution < -0.4 is 5.32 Å². The molecule has 1 heterocycles. The lowest BCUT2D eigenvalue weighted by Gasteiger charge is -2.39. The van der Waals surface area contributed by atoms with Gasteiger partial charge in [0.15, 0.2) is 0 Å². The molecule has 0 aliphatic carbocycles. The third-order valence-electron chi connectivity index (χ3n) is 2.80. The fraction of sp³-hybridized carbons (Fsp3) is 1.00. The maximum atomic E-state index is 9.96. The van der Waals surface area contributed by atoms with Crippen molar-refractivity contribution in [2.75, 3.05) is 40.0 Å². The van der Waals surface area contributed by atoms with E-state index in [1.165, 1.54) is 0 Å². The summed E-state index contributed by atoms with van der Waals surface area (Å²) >= 11 is 0. The van der Waals surface area contributed by atoms with E-state index in [4.69, 9.17) is 9.47 Å². The molecule has 0 aromatic carbocycles. The zero-order chi connectivity index (χ0) is 11.4. The Labute approximate surface area is 92.0 Å². The summed E-state index contributed by atoms with van der Waals surface area (Å²) in [4.78, 5) is 0. The van der Waals surface area contributed by atoms with Crippen LogP contribution in [0.1, 0.15) is 20.3 Å². The van der Waals surface area contributed by atoms with Crippen LogP contribution in [0.5, 0.6) is 0 Å². The molecule has 0 spiro atoms. The van der Waals surface area contributed by atoms with Crippen molar-refractivity contribution < 1.29 is 14.6 Å². The number of hydrogen-bond acceptors (Lipinski definition) is 4. The molecule has 1 unspecified atom stereocenters. The van der Waals surface area contributed by atoms with E-state index in [1.807, 2.05) is 6.92 Å². The van der Waals surface area contributed by atoms with Gasteiger partial charge in [-0.25, -0.2) is 0 Å². The van der Waals surface area contributed by atoms with Crippen molar-refractivity contribution in [2.24, 2.45) is 5.41 Å². The van der Waals surface area contributed by atoms with Crippen LogP contribution in [0.25, 0.3) is 0 Å². The van der Waals surface area contributed by atoms with Gasteiger partial charge in [-0.3, -0.25) is 0 Å². The van der Waals surface area contributed by atoms with Gasteiger partial charge in [-0.1, -0.05) is 6.92 Å². The molecule has 15 heavy (non-hydrogen) atoms. The largest absolute Gasteiger partial charge is 0.389 e. The standard InChI is InChI=1S/C11H23NO3/c1-10(8-15-9-10)6-12-7-11(2,13)4-5-14-3/h12-13H,4-9H2,1-3H3. The first kappa shape index (κ1) is 12.9. The van der Waals surface area contributed by atoms with Crippen molar-refractivity contribution in [2.45, 2.75) is 25.9 Å². The fourth-order valence-electron chi connectivity index (χ4n) is 1.60. The molecule has 1 saturated heterocycles. The van der Waals surface area contributed by atoms with E-state index in [0.29, 0.717) is 19.6 Å². The van der Waals surface area contributed by atoms with Crippen molar-refractivity contribution in [3.63, 3.8) is 0 Å². The number of rotatable bonds is 7. The lowest BCUT2D eigenvalue weighted by Crippen LogP contribution is -2.50. The fourth-order valence-corrected chi connectivity index (χ4v) is 1.60. The van der Waals surface area contributed by atoms with E-state index >= 15 is 0 Å². The van der Waals surface area contributed by atoms with Gasteiger partial charge in [-0.05, 0) is 6.92 Å². The zero-order valence-electron chi connectivity index (χ0n) is 10.0. The van der Waals surface area contributed by atoms with Crippen molar-refractivity contribution >= 4 is 0 Å². The van der Waals surface area contributed by atoms with Crippen LogP contribution in [-0.4, -0.2) is 50.7 Å².